The fraction of sp³-hybridized carbons (Fsp3) is 0.0526. The first kappa shape index (κ1) is 22.3. The summed E-state index contributed by atoms with van der Waals surface area (Å²) >= 11 is 0. The molecular formula is C19H14N6O6S2. The van der Waals surface area contributed by atoms with Gasteiger partial charge in [-0.05, 0) is 31.2 Å². The van der Waals surface area contributed by atoms with Gasteiger partial charge in [0.2, 0.25) is 0 Å². The van der Waals surface area contributed by atoms with Crippen molar-refractivity contribution in [3.63, 3.8) is 0 Å². The van der Waals surface area contributed by atoms with Gasteiger partial charge >= 0.3 is 0 Å². The average Bonchev–Trinajstić information content (AvgIpc) is 3.30. The predicted molar refractivity (Wildman–Crippen MR) is 115 cm³/mol. The van der Waals surface area contributed by atoms with Crippen LogP contribution in [0.3, 0.4) is 0 Å². The van der Waals surface area contributed by atoms with Crippen LogP contribution in [-0.4, -0.2) is 40.7 Å². The molecule has 0 amide bonds. The van der Waals surface area contributed by atoms with Crippen LogP contribution in [0.15, 0.2) is 68.7 Å². The SMILES string of the molecule is Cc1[nH]c2ccccc2c1N=Nc1c(C#N)cnn1-c1cc(S(=O)(=O)O)ccc1S(=O)(=O)O. The lowest BCUT2D eigenvalue weighted by molar-refractivity contribution is 0.477. The molecule has 33 heavy (non-hydrogen) atoms. The summed E-state index contributed by atoms with van der Waals surface area (Å²) in [7, 11) is -9.57. The smallest absolute Gasteiger partial charge is 0.296 e. The van der Waals surface area contributed by atoms with E-state index in [0.717, 1.165) is 40.0 Å². The van der Waals surface area contributed by atoms with Crippen LogP contribution in [0.1, 0.15) is 11.3 Å². The molecule has 4 rings (SSSR count). The fourth-order valence-electron chi connectivity index (χ4n) is 3.22. The van der Waals surface area contributed by atoms with Crippen LogP contribution in [-0.2, 0) is 20.2 Å². The number of hydrogen-bond donors (Lipinski definition) is 3. The molecule has 0 spiro atoms. The van der Waals surface area contributed by atoms with Crippen molar-refractivity contribution >= 4 is 42.6 Å². The zero-order valence-electron chi connectivity index (χ0n) is 16.7. The van der Waals surface area contributed by atoms with E-state index in [1.54, 1.807) is 13.0 Å². The Morgan fingerprint density at radius 1 is 1.06 bits per heavy atom. The minimum atomic E-state index is -4.85. The highest BCUT2D eigenvalue weighted by Crippen LogP contribution is 2.34. The van der Waals surface area contributed by atoms with Gasteiger partial charge in [0.1, 0.15) is 22.2 Å². The van der Waals surface area contributed by atoms with Crippen LogP contribution in [0.5, 0.6) is 0 Å². The molecule has 168 valence electrons. The molecule has 0 aliphatic rings. The topological polar surface area (TPSA) is 191 Å². The lowest BCUT2D eigenvalue weighted by Gasteiger charge is -2.10. The maximum Gasteiger partial charge on any atom is 0.296 e. The lowest BCUT2D eigenvalue weighted by Crippen LogP contribution is -2.09. The Labute approximate surface area is 187 Å². The molecule has 14 heteroatoms. The van der Waals surface area contributed by atoms with E-state index in [1.165, 1.54) is 0 Å². The number of aromatic amines is 1. The number of nitrogens with zero attached hydrogens (tertiary/aromatic N) is 5. The van der Waals surface area contributed by atoms with E-state index in [0.29, 0.717) is 11.4 Å². The van der Waals surface area contributed by atoms with Crippen molar-refractivity contribution in [2.24, 2.45) is 10.2 Å². The van der Waals surface area contributed by atoms with Crippen LogP contribution in [0, 0.1) is 18.3 Å². The Bertz CT molecular complexity index is 1690. The number of aryl methyl sites for hydroxylation is 1. The largest absolute Gasteiger partial charge is 0.357 e. The number of benzene rings is 2. The number of fused-ring (bicyclic) bond motifs is 1. The summed E-state index contributed by atoms with van der Waals surface area (Å²) in [5.41, 5.74) is 1.38. The molecule has 12 nitrogen and oxygen atoms in total. The molecule has 2 aromatic heterocycles. The molecule has 0 aliphatic carbocycles. The zero-order chi connectivity index (χ0) is 24.0. The molecule has 0 bridgehead atoms. The molecule has 0 fully saturated rings. The van der Waals surface area contributed by atoms with Gasteiger partial charge in [-0.2, -0.15) is 27.2 Å². The first-order valence-electron chi connectivity index (χ1n) is 9.07. The molecule has 4 aromatic rings. The second-order valence-electron chi connectivity index (χ2n) is 6.83. The Morgan fingerprint density at radius 2 is 1.79 bits per heavy atom. The van der Waals surface area contributed by atoms with Crippen molar-refractivity contribution in [1.82, 2.24) is 14.8 Å². The van der Waals surface area contributed by atoms with Gasteiger partial charge in [-0.1, -0.05) is 18.2 Å². The number of para-hydroxylation sites is 1. The molecule has 2 aromatic carbocycles. The highest BCUT2D eigenvalue weighted by molar-refractivity contribution is 7.86. The third-order valence-electron chi connectivity index (χ3n) is 4.70. The summed E-state index contributed by atoms with van der Waals surface area (Å²) in [6, 6.07) is 11.5. The van der Waals surface area contributed by atoms with E-state index in [-0.39, 0.29) is 11.4 Å². The van der Waals surface area contributed by atoms with Crippen LogP contribution in [0.25, 0.3) is 16.6 Å². The van der Waals surface area contributed by atoms with E-state index < -0.39 is 35.7 Å². The Balaban J connectivity index is 1.96. The molecule has 0 unspecified atom stereocenters. The van der Waals surface area contributed by atoms with Gasteiger partial charge in [0, 0.05) is 16.6 Å². The zero-order valence-corrected chi connectivity index (χ0v) is 18.3. The van der Waals surface area contributed by atoms with Gasteiger partial charge in [-0.15, -0.1) is 10.2 Å². The van der Waals surface area contributed by atoms with Gasteiger partial charge in [0.15, 0.2) is 5.82 Å². The van der Waals surface area contributed by atoms with Gasteiger partial charge in [-0.3, -0.25) is 9.11 Å². The number of aromatic nitrogens is 3. The van der Waals surface area contributed by atoms with Crippen molar-refractivity contribution < 1.29 is 25.9 Å². The van der Waals surface area contributed by atoms with Gasteiger partial charge < -0.3 is 4.98 Å². The molecular weight excluding hydrogens is 472 g/mol. The number of rotatable bonds is 5. The Morgan fingerprint density at radius 3 is 2.45 bits per heavy atom. The van der Waals surface area contributed by atoms with E-state index in [4.69, 9.17) is 0 Å². The second-order valence-corrected chi connectivity index (χ2v) is 9.64. The maximum absolute atomic E-state index is 11.9. The van der Waals surface area contributed by atoms with Gasteiger partial charge in [-0.25, -0.2) is 4.68 Å². The average molecular weight is 486 g/mol. The minimum absolute atomic E-state index is 0.102. The fourth-order valence-corrected chi connectivity index (χ4v) is 4.37. The first-order chi connectivity index (χ1) is 15.5. The highest BCUT2D eigenvalue weighted by atomic mass is 32.2. The van der Waals surface area contributed by atoms with Crippen molar-refractivity contribution in [3.05, 3.63) is 59.9 Å². The van der Waals surface area contributed by atoms with Gasteiger partial charge in [0.25, 0.3) is 20.2 Å². The Hall–Kier alpha value is -3.90. The first-order valence-corrected chi connectivity index (χ1v) is 12.0. The van der Waals surface area contributed by atoms with E-state index >= 15 is 0 Å². The molecule has 0 saturated carbocycles. The van der Waals surface area contributed by atoms with Crippen molar-refractivity contribution in [3.8, 4) is 11.8 Å². The summed E-state index contributed by atoms with van der Waals surface area (Å²) in [4.78, 5) is 1.76. The molecule has 0 aliphatic heterocycles. The quantitative estimate of drug-likeness (QED) is 0.282. The van der Waals surface area contributed by atoms with Crippen LogP contribution >= 0.6 is 0 Å². The number of hydrogen-bond acceptors (Lipinski definition) is 8. The monoisotopic (exact) mass is 486 g/mol. The normalized spacial score (nSPS) is 12.4. The summed E-state index contributed by atoms with van der Waals surface area (Å²) < 4.78 is 66.8. The highest BCUT2D eigenvalue weighted by Gasteiger charge is 2.24. The summed E-state index contributed by atoms with van der Waals surface area (Å²) in [6.45, 7) is 1.77. The number of azo groups is 1. The molecule has 2 heterocycles. The maximum atomic E-state index is 11.9. The van der Waals surface area contributed by atoms with E-state index in [9.17, 15) is 31.2 Å². The third-order valence-corrected chi connectivity index (χ3v) is 6.45. The third kappa shape index (κ3) is 4.13. The molecule has 0 atom stereocenters. The number of nitriles is 1. The Kier molecular flexibility index (Phi) is 5.34. The van der Waals surface area contributed by atoms with Gasteiger partial charge in [0.05, 0.1) is 16.8 Å². The lowest BCUT2D eigenvalue weighted by atomic mass is 10.2. The van der Waals surface area contributed by atoms with E-state index in [2.05, 4.69) is 20.3 Å². The molecule has 0 saturated heterocycles. The standard InChI is InChI=1S/C19H14N6O6S2/c1-11-18(14-4-2-3-5-15(14)22-11)23-24-19-12(9-20)10-21-25(19)16-8-13(32(26,27)28)6-7-17(16)33(29,30)31/h2-8,10,22H,1H3,(H,26,27,28)(H,29,30,31). The van der Waals surface area contributed by atoms with Crippen LogP contribution in [0.4, 0.5) is 11.5 Å². The molecule has 0 radical (unpaired) electrons. The van der Waals surface area contributed by atoms with Crippen LogP contribution in [0.2, 0.25) is 0 Å². The molecule has 3 N–H and O–H groups in total. The number of nitrogens with one attached hydrogen (secondary N) is 1. The predicted octanol–water partition coefficient (Wildman–Crippen LogP) is 3.44. The number of H-pyrrole nitrogens is 1. The summed E-state index contributed by atoms with van der Waals surface area (Å²) in [5.74, 6) is -0.223. The van der Waals surface area contributed by atoms with Crippen molar-refractivity contribution in [1.29, 1.82) is 5.26 Å². The summed E-state index contributed by atoms with van der Waals surface area (Å²) in [6.07, 6.45) is 1.07. The van der Waals surface area contributed by atoms with Crippen LogP contribution < -0.4 is 0 Å². The van der Waals surface area contributed by atoms with Crippen molar-refractivity contribution in [2.75, 3.05) is 0 Å². The van der Waals surface area contributed by atoms with E-state index in [1.807, 2.05) is 24.3 Å². The summed E-state index contributed by atoms with van der Waals surface area (Å²) in [5, 5.41) is 22.4. The minimum Gasteiger partial charge on any atom is -0.357 e. The van der Waals surface area contributed by atoms with Crippen molar-refractivity contribution in [2.45, 2.75) is 16.7 Å². The second kappa shape index (κ2) is 7.90.